The van der Waals surface area contributed by atoms with E-state index in [4.69, 9.17) is 15.2 Å². The first-order chi connectivity index (χ1) is 7.65. The Morgan fingerprint density at radius 1 is 1.38 bits per heavy atom. The molecule has 88 valence electrons. The van der Waals surface area contributed by atoms with Gasteiger partial charge in [0.2, 0.25) is 0 Å². The van der Waals surface area contributed by atoms with Crippen LogP contribution in [-0.4, -0.2) is 24.9 Å². The average molecular weight is 231 g/mol. The van der Waals surface area contributed by atoms with Crippen LogP contribution in [0.15, 0.2) is 6.07 Å². The van der Waals surface area contributed by atoms with Crippen LogP contribution in [0.3, 0.4) is 0 Å². The van der Waals surface area contributed by atoms with Gasteiger partial charge in [-0.15, -0.1) is 0 Å². The van der Waals surface area contributed by atoms with Gasteiger partial charge in [0.25, 0.3) is 0 Å². The van der Waals surface area contributed by atoms with Gasteiger partial charge < -0.3 is 20.3 Å². The van der Waals surface area contributed by atoms with Crippen LogP contribution in [-0.2, 0) is 0 Å². The lowest BCUT2D eigenvalue weighted by Crippen LogP contribution is -2.21. The number of fused-ring (bicyclic) bond motifs is 1. The van der Waals surface area contributed by atoms with Crippen LogP contribution in [0.5, 0.6) is 11.5 Å². The molecule has 0 saturated carbocycles. The highest BCUT2D eigenvalue weighted by atomic mass is 19.2. The van der Waals surface area contributed by atoms with E-state index < -0.39 is 17.7 Å². The van der Waals surface area contributed by atoms with Crippen molar-refractivity contribution in [2.24, 2.45) is 5.73 Å². The zero-order valence-electron chi connectivity index (χ0n) is 8.37. The quantitative estimate of drug-likeness (QED) is 0.787. The van der Waals surface area contributed by atoms with Crippen molar-refractivity contribution < 1.29 is 23.4 Å². The van der Waals surface area contributed by atoms with E-state index in [9.17, 15) is 13.9 Å². The first kappa shape index (κ1) is 11.1. The molecule has 16 heavy (non-hydrogen) atoms. The Balaban J connectivity index is 2.59. The standard InChI is InChI=1S/C10H11F2NO3/c11-5-3-7-10(16-2-1-15-7)8(9(5)12)6(14)4-13/h3,6,14H,1-2,4,13H2. The van der Waals surface area contributed by atoms with Crippen molar-refractivity contribution in [1.82, 2.24) is 0 Å². The molecule has 1 heterocycles. The van der Waals surface area contributed by atoms with Gasteiger partial charge >= 0.3 is 0 Å². The summed E-state index contributed by atoms with van der Waals surface area (Å²) in [6, 6.07) is 0.899. The van der Waals surface area contributed by atoms with Crippen LogP contribution in [0.2, 0.25) is 0 Å². The van der Waals surface area contributed by atoms with Crippen LogP contribution >= 0.6 is 0 Å². The number of aliphatic hydroxyl groups is 1. The first-order valence-electron chi connectivity index (χ1n) is 4.80. The molecule has 6 heteroatoms. The summed E-state index contributed by atoms with van der Waals surface area (Å²) >= 11 is 0. The van der Waals surface area contributed by atoms with Crippen molar-refractivity contribution >= 4 is 0 Å². The average Bonchev–Trinajstić information content (AvgIpc) is 2.30. The fraction of sp³-hybridized carbons (Fsp3) is 0.400. The molecule has 0 radical (unpaired) electrons. The summed E-state index contributed by atoms with van der Waals surface area (Å²) in [5.74, 6) is -2.12. The Morgan fingerprint density at radius 2 is 2.06 bits per heavy atom. The van der Waals surface area contributed by atoms with Crippen LogP contribution in [0.25, 0.3) is 0 Å². The molecular formula is C10H11F2NO3. The number of ether oxygens (including phenoxy) is 2. The number of rotatable bonds is 2. The van der Waals surface area contributed by atoms with Crippen molar-refractivity contribution in [2.45, 2.75) is 6.10 Å². The van der Waals surface area contributed by atoms with Crippen molar-refractivity contribution in [1.29, 1.82) is 0 Å². The number of nitrogens with two attached hydrogens (primary N) is 1. The van der Waals surface area contributed by atoms with Gasteiger partial charge in [0.05, 0.1) is 11.7 Å². The monoisotopic (exact) mass is 231 g/mol. The van der Waals surface area contributed by atoms with E-state index in [-0.39, 0.29) is 36.8 Å². The van der Waals surface area contributed by atoms with E-state index in [0.29, 0.717) is 0 Å². The highest BCUT2D eigenvalue weighted by Gasteiger charge is 2.27. The lowest BCUT2D eigenvalue weighted by molar-refractivity contribution is 0.143. The zero-order chi connectivity index (χ0) is 11.7. The van der Waals surface area contributed by atoms with E-state index in [0.717, 1.165) is 6.07 Å². The molecular weight excluding hydrogens is 220 g/mol. The molecule has 1 aliphatic rings. The van der Waals surface area contributed by atoms with Gasteiger partial charge in [-0.1, -0.05) is 0 Å². The Kier molecular flexibility index (Phi) is 2.93. The number of halogens is 2. The summed E-state index contributed by atoms with van der Waals surface area (Å²) in [6.45, 7) is 0.259. The Hall–Kier alpha value is -1.40. The molecule has 1 aromatic rings. The third-order valence-corrected chi connectivity index (χ3v) is 2.32. The third kappa shape index (κ3) is 1.70. The van der Waals surface area contributed by atoms with E-state index in [2.05, 4.69) is 0 Å². The molecule has 0 aromatic heterocycles. The van der Waals surface area contributed by atoms with Gasteiger partial charge in [-0.3, -0.25) is 0 Å². The minimum Gasteiger partial charge on any atom is -0.486 e. The van der Waals surface area contributed by atoms with Gasteiger partial charge in [-0.25, -0.2) is 8.78 Å². The van der Waals surface area contributed by atoms with Gasteiger partial charge in [-0.05, 0) is 0 Å². The summed E-state index contributed by atoms with van der Waals surface area (Å²) in [7, 11) is 0. The van der Waals surface area contributed by atoms with Crippen LogP contribution in [0, 0.1) is 11.6 Å². The number of benzene rings is 1. The van der Waals surface area contributed by atoms with E-state index in [1.54, 1.807) is 0 Å². The lowest BCUT2D eigenvalue weighted by atomic mass is 10.1. The highest BCUT2D eigenvalue weighted by molar-refractivity contribution is 5.49. The lowest BCUT2D eigenvalue weighted by Gasteiger charge is -2.23. The van der Waals surface area contributed by atoms with Crippen LogP contribution < -0.4 is 15.2 Å². The second-order valence-corrected chi connectivity index (χ2v) is 3.36. The molecule has 0 fully saturated rings. The summed E-state index contributed by atoms with van der Waals surface area (Å²) in [5.41, 5.74) is 4.94. The van der Waals surface area contributed by atoms with Gasteiger partial charge in [0, 0.05) is 12.6 Å². The maximum atomic E-state index is 13.5. The SMILES string of the molecule is NCC(O)c1c(F)c(F)cc2c1OCCO2. The Bertz CT molecular complexity index is 412. The normalized spacial score (nSPS) is 16.0. The van der Waals surface area contributed by atoms with Crippen molar-refractivity contribution in [2.75, 3.05) is 19.8 Å². The minimum absolute atomic E-state index is 0.0306. The summed E-state index contributed by atoms with van der Waals surface area (Å²) in [6.07, 6.45) is -1.31. The minimum atomic E-state index is -1.31. The molecule has 2 rings (SSSR count). The fourth-order valence-corrected chi connectivity index (χ4v) is 1.57. The molecule has 3 N–H and O–H groups in total. The number of aliphatic hydroxyl groups excluding tert-OH is 1. The van der Waals surface area contributed by atoms with Crippen LogP contribution in [0.1, 0.15) is 11.7 Å². The smallest absolute Gasteiger partial charge is 0.170 e. The molecule has 0 saturated heterocycles. The molecule has 0 bridgehead atoms. The molecule has 0 spiro atoms. The predicted octanol–water partition coefficient (Wildman–Crippen LogP) is 0.728. The molecule has 1 aromatic carbocycles. The maximum Gasteiger partial charge on any atom is 0.170 e. The van der Waals surface area contributed by atoms with E-state index in [1.165, 1.54) is 0 Å². The summed E-state index contributed by atoms with van der Waals surface area (Å²) in [4.78, 5) is 0. The molecule has 4 nitrogen and oxygen atoms in total. The van der Waals surface area contributed by atoms with Crippen molar-refractivity contribution in [3.8, 4) is 11.5 Å². The summed E-state index contributed by atoms with van der Waals surface area (Å²) in [5, 5.41) is 9.52. The van der Waals surface area contributed by atoms with Gasteiger partial charge in [0.1, 0.15) is 13.2 Å². The fourth-order valence-electron chi connectivity index (χ4n) is 1.57. The van der Waals surface area contributed by atoms with Gasteiger partial charge in [-0.2, -0.15) is 0 Å². The molecule has 0 aliphatic carbocycles. The predicted molar refractivity (Wildman–Crippen MR) is 51.4 cm³/mol. The second-order valence-electron chi connectivity index (χ2n) is 3.36. The van der Waals surface area contributed by atoms with Crippen molar-refractivity contribution in [3.05, 3.63) is 23.3 Å². The second kappa shape index (κ2) is 4.23. The third-order valence-electron chi connectivity index (χ3n) is 2.32. The Morgan fingerprint density at radius 3 is 2.75 bits per heavy atom. The molecule has 1 atom stereocenters. The zero-order valence-corrected chi connectivity index (χ0v) is 8.37. The first-order valence-corrected chi connectivity index (χ1v) is 4.80. The topological polar surface area (TPSA) is 64.7 Å². The van der Waals surface area contributed by atoms with Crippen LogP contribution in [0.4, 0.5) is 8.78 Å². The Labute approximate surface area is 90.6 Å². The number of hydrogen-bond donors (Lipinski definition) is 2. The molecule has 0 amide bonds. The maximum absolute atomic E-state index is 13.5. The van der Waals surface area contributed by atoms with Gasteiger partial charge in [0.15, 0.2) is 23.1 Å². The molecule has 1 aliphatic heterocycles. The van der Waals surface area contributed by atoms with Crippen molar-refractivity contribution in [3.63, 3.8) is 0 Å². The largest absolute Gasteiger partial charge is 0.486 e. The van der Waals surface area contributed by atoms with E-state index >= 15 is 0 Å². The number of hydrogen-bond acceptors (Lipinski definition) is 4. The molecule has 1 unspecified atom stereocenters. The van der Waals surface area contributed by atoms with E-state index in [1.807, 2.05) is 0 Å². The highest BCUT2D eigenvalue weighted by Crippen LogP contribution is 2.39. The summed E-state index contributed by atoms with van der Waals surface area (Å²) < 4.78 is 37.0.